The van der Waals surface area contributed by atoms with Crippen LogP contribution in [0, 0.1) is 0 Å². The summed E-state index contributed by atoms with van der Waals surface area (Å²) in [4.78, 5) is 24.0. The van der Waals surface area contributed by atoms with Crippen molar-refractivity contribution in [3.8, 4) is 11.1 Å². The second-order valence-corrected chi connectivity index (χ2v) is 7.16. The number of amides is 1. The second kappa shape index (κ2) is 7.59. The molecular formula is C19H20N4O3S. The minimum absolute atomic E-state index is 0.325. The average molecular weight is 384 g/mol. The van der Waals surface area contributed by atoms with Crippen LogP contribution in [0.25, 0.3) is 21.3 Å². The van der Waals surface area contributed by atoms with E-state index in [-0.39, 0.29) is 0 Å². The number of anilines is 1. The highest BCUT2D eigenvalue weighted by atomic mass is 32.1. The molecule has 1 saturated heterocycles. The predicted molar refractivity (Wildman–Crippen MR) is 105 cm³/mol. The molecule has 1 fully saturated rings. The lowest BCUT2D eigenvalue weighted by Crippen LogP contribution is -2.48. The molecule has 27 heavy (non-hydrogen) atoms. The molecule has 2 N–H and O–H groups in total. The van der Waals surface area contributed by atoms with E-state index in [4.69, 9.17) is 20.2 Å². The number of ether oxygens (including phenoxy) is 2. The van der Waals surface area contributed by atoms with E-state index in [1.807, 2.05) is 18.2 Å². The Morgan fingerprint density at radius 3 is 2.93 bits per heavy atom. The minimum Gasteiger partial charge on any atom is -0.377 e. The normalized spacial score (nSPS) is 17.4. The highest BCUT2D eigenvalue weighted by Crippen LogP contribution is 2.38. The summed E-state index contributed by atoms with van der Waals surface area (Å²) in [6, 6.07) is 10.2. The molecule has 8 heteroatoms. The molecule has 0 bridgehead atoms. The molecule has 1 atom stereocenters. The number of primary amides is 1. The van der Waals surface area contributed by atoms with Gasteiger partial charge in [0.15, 0.2) is 11.9 Å². The Kier molecular flexibility index (Phi) is 5.02. The first kappa shape index (κ1) is 17.8. The maximum absolute atomic E-state index is 11.6. The van der Waals surface area contributed by atoms with Gasteiger partial charge in [0.25, 0.3) is 0 Å². The Hall–Kier alpha value is -2.55. The van der Waals surface area contributed by atoms with Crippen LogP contribution >= 0.6 is 11.3 Å². The summed E-state index contributed by atoms with van der Waals surface area (Å²) >= 11 is 1.58. The Labute approximate surface area is 160 Å². The molecule has 1 aliphatic heterocycles. The molecule has 1 aromatic carbocycles. The summed E-state index contributed by atoms with van der Waals surface area (Å²) in [6.45, 7) is 1.75. The maximum Gasteiger partial charge on any atom is 0.248 e. The molecule has 0 aliphatic carbocycles. The van der Waals surface area contributed by atoms with Crippen molar-refractivity contribution in [1.82, 2.24) is 9.97 Å². The van der Waals surface area contributed by atoms with Crippen molar-refractivity contribution in [2.75, 3.05) is 31.7 Å². The summed E-state index contributed by atoms with van der Waals surface area (Å²) < 4.78 is 10.7. The van der Waals surface area contributed by atoms with Crippen LogP contribution < -0.4 is 10.6 Å². The fraction of sp³-hybridized carbons (Fsp3) is 0.316. The van der Waals surface area contributed by atoms with Crippen molar-refractivity contribution in [2.24, 2.45) is 5.73 Å². The van der Waals surface area contributed by atoms with Crippen LogP contribution in [0.1, 0.15) is 5.82 Å². The third-order valence-corrected chi connectivity index (χ3v) is 5.37. The maximum atomic E-state index is 11.6. The third kappa shape index (κ3) is 3.51. The van der Waals surface area contributed by atoms with Gasteiger partial charge in [-0.05, 0) is 5.56 Å². The molecule has 0 saturated carbocycles. The van der Waals surface area contributed by atoms with Crippen molar-refractivity contribution in [1.29, 1.82) is 0 Å². The zero-order valence-corrected chi connectivity index (χ0v) is 15.7. The number of carbonyl (C=O) groups is 1. The van der Waals surface area contributed by atoms with Gasteiger partial charge >= 0.3 is 0 Å². The Bertz CT molecular complexity index is 960. The van der Waals surface area contributed by atoms with E-state index in [2.05, 4.69) is 27.4 Å². The molecular weight excluding hydrogens is 364 g/mol. The van der Waals surface area contributed by atoms with Gasteiger partial charge in [-0.1, -0.05) is 30.3 Å². The van der Waals surface area contributed by atoms with Gasteiger partial charge in [0.1, 0.15) is 17.3 Å². The molecule has 0 spiro atoms. The summed E-state index contributed by atoms with van der Waals surface area (Å²) in [5.74, 6) is 0.945. The Morgan fingerprint density at radius 2 is 2.19 bits per heavy atom. The molecule has 3 aromatic rings. The third-order valence-electron chi connectivity index (χ3n) is 4.50. The number of hydrogen-bond acceptors (Lipinski definition) is 7. The second-order valence-electron chi connectivity index (χ2n) is 6.30. The van der Waals surface area contributed by atoms with Gasteiger partial charge < -0.3 is 20.1 Å². The van der Waals surface area contributed by atoms with Crippen LogP contribution in [0.3, 0.4) is 0 Å². The van der Waals surface area contributed by atoms with Crippen molar-refractivity contribution in [3.63, 3.8) is 0 Å². The molecule has 1 amide bonds. The van der Waals surface area contributed by atoms with Crippen LogP contribution in [0.5, 0.6) is 0 Å². The summed E-state index contributed by atoms with van der Waals surface area (Å²) in [5.41, 5.74) is 7.64. The smallest absolute Gasteiger partial charge is 0.248 e. The molecule has 3 heterocycles. The zero-order chi connectivity index (χ0) is 18.8. The fourth-order valence-corrected chi connectivity index (χ4v) is 4.19. The van der Waals surface area contributed by atoms with Crippen molar-refractivity contribution in [2.45, 2.75) is 12.7 Å². The van der Waals surface area contributed by atoms with Gasteiger partial charge in [0.05, 0.1) is 18.5 Å². The summed E-state index contributed by atoms with van der Waals surface area (Å²) in [6.07, 6.45) is -0.645. The number of nitrogens with zero attached hydrogens (tertiary/aromatic N) is 3. The first-order valence-corrected chi connectivity index (χ1v) is 9.53. The van der Waals surface area contributed by atoms with E-state index in [9.17, 15) is 4.79 Å². The Balaban J connectivity index is 1.85. The van der Waals surface area contributed by atoms with Gasteiger partial charge in [0, 0.05) is 24.6 Å². The number of benzene rings is 1. The first-order valence-electron chi connectivity index (χ1n) is 8.65. The summed E-state index contributed by atoms with van der Waals surface area (Å²) in [5, 5.41) is 3.08. The van der Waals surface area contributed by atoms with Crippen molar-refractivity contribution in [3.05, 3.63) is 41.5 Å². The standard InChI is InChI=1S/C19H20N4O3S/c1-25-10-15-21-18(23-7-8-26-14(9-23)17(20)24)16-13(11-27-19(16)22-15)12-5-3-2-4-6-12/h2-6,11,14H,7-10H2,1H3,(H2,20,24). The SMILES string of the molecule is COCc1nc(N2CCOC(C(N)=O)C2)c2c(-c3ccccc3)csc2n1. The van der Waals surface area contributed by atoms with E-state index in [0.29, 0.717) is 32.1 Å². The first-order chi connectivity index (χ1) is 13.2. The minimum atomic E-state index is -0.645. The highest BCUT2D eigenvalue weighted by molar-refractivity contribution is 7.17. The van der Waals surface area contributed by atoms with Crippen LogP contribution in [-0.2, 0) is 20.9 Å². The van der Waals surface area contributed by atoms with Gasteiger partial charge in [-0.25, -0.2) is 9.97 Å². The number of hydrogen-bond donors (Lipinski definition) is 1. The average Bonchev–Trinajstić information content (AvgIpc) is 3.12. The lowest BCUT2D eigenvalue weighted by Gasteiger charge is -2.32. The lowest BCUT2D eigenvalue weighted by atomic mass is 10.1. The van der Waals surface area contributed by atoms with E-state index >= 15 is 0 Å². The zero-order valence-electron chi connectivity index (χ0n) is 14.9. The van der Waals surface area contributed by atoms with E-state index in [1.165, 1.54) is 0 Å². The van der Waals surface area contributed by atoms with Gasteiger partial charge in [0.2, 0.25) is 5.91 Å². The number of nitrogens with two attached hydrogens (primary N) is 1. The molecule has 1 aliphatic rings. The fourth-order valence-electron chi connectivity index (χ4n) is 3.23. The Morgan fingerprint density at radius 1 is 1.37 bits per heavy atom. The number of carbonyl (C=O) groups excluding carboxylic acids is 1. The molecule has 140 valence electrons. The van der Waals surface area contributed by atoms with Gasteiger partial charge in [-0.2, -0.15) is 0 Å². The number of fused-ring (bicyclic) bond motifs is 1. The van der Waals surface area contributed by atoms with E-state index in [1.54, 1.807) is 18.4 Å². The largest absolute Gasteiger partial charge is 0.377 e. The van der Waals surface area contributed by atoms with Gasteiger partial charge in [-0.15, -0.1) is 11.3 Å². The number of thiophene rings is 1. The molecule has 0 radical (unpaired) electrons. The monoisotopic (exact) mass is 384 g/mol. The predicted octanol–water partition coefficient (Wildman–Crippen LogP) is 2.20. The molecule has 2 aromatic heterocycles. The van der Waals surface area contributed by atoms with Crippen LogP contribution in [0.15, 0.2) is 35.7 Å². The van der Waals surface area contributed by atoms with Crippen LogP contribution in [0.2, 0.25) is 0 Å². The quantitative estimate of drug-likeness (QED) is 0.725. The molecule has 7 nitrogen and oxygen atoms in total. The topological polar surface area (TPSA) is 90.6 Å². The number of aromatic nitrogens is 2. The van der Waals surface area contributed by atoms with Gasteiger partial charge in [-0.3, -0.25) is 4.79 Å². The molecule has 1 unspecified atom stereocenters. The number of rotatable bonds is 5. The van der Waals surface area contributed by atoms with Crippen molar-refractivity contribution < 1.29 is 14.3 Å². The van der Waals surface area contributed by atoms with E-state index < -0.39 is 12.0 Å². The number of morpholine rings is 1. The summed E-state index contributed by atoms with van der Waals surface area (Å²) in [7, 11) is 1.62. The van der Waals surface area contributed by atoms with Crippen LogP contribution in [-0.4, -0.2) is 48.8 Å². The molecule has 4 rings (SSSR count). The van der Waals surface area contributed by atoms with Crippen LogP contribution in [0.4, 0.5) is 5.82 Å². The lowest BCUT2D eigenvalue weighted by molar-refractivity contribution is -0.130. The number of methoxy groups -OCH3 is 1. The van der Waals surface area contributed by atoms with E-state index in [0.717, 1.165) is 27.2 Å². The van der Waals surface area contributed by atoms with Crippen molar-refractivity contribution >= 4 is 33.3 Å². The highest BCUT2D eigenvalue weighted by Gasteiger charge is 2.28.